The van der Waals surface area contributed by atoms with E-state index in [1.807, 2.05) is 36.4 Å². The third kappa shape index (κ3) is 18.6. The average molecular weight is 739 g/mol. The first kappa shape index (κ1) is 44.5. The number of Topliss-reactive ketones (excluding diaryl/α,β-unsaturated/α-hetero) is 1. The third-order valence-electron chi connectivity index (χ3n) is 8.81. The highest BCUT2D eigenvalue weighted by Crippen LogP contribution is 2.24. The number of carbonyl (C=O) groups is 6. The summed E-state index contributed by atoms with van der Waals surface area (Å²) in [4.78, 5) is 73.0. The summed E-state index contributed by atoms with van der Waals surface area (Å²) in [6, 6.07) is 12.8. The summed E-state index contributed by atoms with van der Waals surface area (Å²) in [5.41, 5.74) is 15.7. The number of unbranched alkanes of at least 4 members (excludes halogenated alkanes) is 3. The molecule has 292 valence electrons. The predicted molar refractivity (Wildman–Crippen MR) is 204 cm³/mol. The van der Waals surface area contributed by atoms with Gasteiger partial charge in [-0.15, -0.1) is 0 Å². The van der Waals surface area contributed by atoms with Gasteiger partial charge in [-0.3, -0.25) is 24.0 Å². The topological polar surface area (TPSA) is 243 Å². The fourth-order valence-electron chi connectivity index (χ4n) is 5.81. The Morgan fingerprint density at radius 1 is 0.811 bits per heavy atom. The van der Waals surface area contributed by atoms with Crippen molar-refractivity contribution < 1.29 is 39.0 Å². The van der Waals surface area contributed by atoms with Crippen LogP contribution in [0.2, 0.25) is 0 Å². The van der Waals surface area contributed by atoms with Gasteiger partial charge >= 0.3 is 11.9 Å². The van der Waals surface area contributed by atoms with Gasteiger partial charge < -0.3 is 42.9 Å². The standard InChI is InChI=1S/C39H58N6O8/c1-3-4-5-6-11-31(40)25-42-20-18-33(41)35(47)24-30(38(51)43-21-19-34(39(52)53)45-36(48)12-8-13-37(49)50)23-27-9-7-10-29(22-27)28-14-16-32(17-15-28)44-26(2)46/h7,9-10,14-17,22,30-31,33-34,42H,3-6,8,11-13,18-21,23-25,40-41H2,1-2H3,(H,43,51)(H,44,46)(H,45,48)(H,49,50)(H,52,53)/t30-,31-,33-,34+/m0/s1. The minimum absolute atomic E-state index is 0.0174. The second kappa shape index (κ2) is 24.6. The van der Waals surface area contributed by atoms with Gasteiger partial charge in [-0.25, -0.2) is 4.79 Å². The van der Waals surface area contributed by atoms with Crippen LogP contribution >= 0.6 is 0 Å². The van der Waals surface area contributed by atoms with E-state index in [4.69, 9.17) is 16.6 Å². The number of ketones is 1. The number of benzene rings is 2. The van der Waals surface area contributed by atoms with Gasteiger partial charge in [-0.2, -0.15) is 0 Å². The van der Waals surface area contributed by atoms with E-state index in [2.05, 4.69) is 28.2 Å². The van der Waals surface area contributed by atoms with Crippen LogP contribution in [0.25, 0.3) is 11.1 Å². The molecule has 3 amide bonds. The lowest BCUT2D eigenvalue weighted by Crippen LogP contribution is -2.44. The van der Waals surface area contributed by atoms with E-state index in [-0.39, 0.29) is 62.8 Å². The zero-order valence-corrected chi connectivity index (χ0v) is 31.0. The molecule has 0 aliphatic rings. The van der Waals surface area contributed by atoms with Crippen LogP contribution in [0.1, 0.15) is 90.0 Å². The lowest BCUT2D eigenvalue weighted by molar-refractivity contribution is -0.142. The summed E-state index contributed by atoms with van der Waals surface area (Å²) >= 11 is 0. The van der Waals surface area contributed by atoms with Crippen molar-refractivity contribution in [3.63, 3.8) is 0 Å². The fraction of sp³-hybridized carbons (Fsp3) is 0.538. The molecule has 0 saturated heterocycles. The molecule has 0 fully saturated rings. The largest absolute Gasteiger partial charge is 0.481 e. The highest BCUT2D eigenvalue weighted by atomic mass is 16.4. The Kier molecular flexibility index (Phi) is 20.6. The molecule has 0 spiro atoms. The molecule has 0 aliphatic heterocycles. The van der Waals surface area contributed by atoms with E-state index >= 15 is 0 Å². The van der Waals surface area contributed by atoms with Crippen molar-refractivity contribution in [1.82, 2.24) is 16.0 Å². The van der Waals surface area contributed by atoms with Gasteiger partial charge in [0.1, 0.15) is 11.8 Å². The Labute approximate surface area is 312 Å². The van der Waals surface area contributed by atoms with Crippen molar-refractivity contribution in [2.24, 2.45) is 17.4 Å². The summed E-state index contributed by atoms with van der Waals surface area (Å²) in [5, 5.41) is 29.5. The number of hydrogen-bond donors (Lipinski definition) is 8. The van der Waals surface area contributed by atoms with E-state index in [0.29, 0.717) is 25.2 Å². The van der Waals surface area contributed by atoms with Gasteiger partial charge in [0.2, 0.25) is 17.7 Å². The Bertz CT molecular complexity index is 1480. The highest BCUT2D eigenvalue weighted by Gasteiger charge is 2.26. The lowest BCUT2D eigenvalue weighted by Gasteiger charge is -2.20. The molecule has 14 nitrogen and oxygen atoms in total. The second-order valence-corrected chi connectivity index (χ2v) is 13.5. The molecule has 0 bridgehead atoms. The number of nitrogens with one attached hydrogen (secondary N) is 4. The van der Waals surface area contributed by atoms with Crippen LogP contribution in [-0.2, 0) is 35.2 Å². The lowest BCUT2D eigenvalue weighted by atomic mass is 9.89. The van der Waals surface area contributed by atoms with Crippen LogP contribution in [-0.4, -0.2) is 83.4 Å². The molecule has 0 aliphatic carbocycles. The summed E-state index contributed by atoms with van der Waals surface area (Å²) in [6.07, 6.45) is 5.51. The molecule has 0 heterocycles. The van der Waals surface area contributed by atoms with E-state index in [9.17, 15) is 33.9 Å². The number of amides is 3. The monoisotopic (exact) mass is 738 g/mol. The third-order valence-corrected chi connectivity index (χ3v) is 8.81. The summed E-state index contributed by atoms with van der Waals surface area (Å²) in [7, 11) is 0. The molecule has 0 radical (unpaired) electrons. The van der Waals surface area contributed by atoms with Crippen molar-refractivity contribution in [1.29, 1.82) is 0 Å². The average Bonchev–Trinajstić information content (AvgIpc) is 3.11. The second-order valence-electron chi connectivity index (χ2n) is 13.5. The molecule has 0 unspecified atom stereocenters. The zero-order valence-electron chi connectivity index (χ0n) is 31.0. The van der Waals surface area contributed by atoms with E-state index in [1.165, 1.54) is 13.3 Å². The number of hydrogen-bond acceptors (Lipinski definition) is 9. The van der Waals surface area contributed by atoms with Gasteiger partial charge in [0.25, 0.3) is 0 Å². The highest BCUT2D eigenvalue weighted by molar-refractivity contribution is 5.90. The maximum Gasteiger partial charge on any atom is 0.326 e. The van der Waals surface area contributed by atoms with Crippen LogP contribution in [0.5, 0.6) is 0 Å². The van der Waals surface area contributed by atoms with Gasteiger partial charge in [-0.05, 0) is 67.5 Å². The van der Waals surface area contributed by atoms with Crippen LogP contribution < -0.4 is 32.7 Å². The normalized spacial score (nSPS) is 13.3. The number of carboxylic acids is 2. The van der Waals surface area contributed by atoms with Gasteiger partial charge in [0.05, 0.1) is 6.04 Å². The van der Waals surface area contributed by atoms with Crippen molar-refractivity contribution in [2.45, 2.75) is 109 Å². The van der Waals surface area contributed by atoms with E-state index in [1.54, 1.807) is 12.1 Å². The first-order chi connectivity index (χ1) is 25.3. The van der Waals surface area contributed by atoms with Crippen molar-refractivity contribution >= 4 is 41.1 Å². The van der Waals surface area contributed by atoms with Crippen LogP contribution in [0, 0.1) is 5.92 Å². The Morgan fingerprint density at radius 2 is 1.55 bits per heavy atom. The number of anilines is 1. The van der Waals surface area contributed by atoms with Crippen molar-refractivity contribution in [3.05, 3.63) is 54.1 Å². The number of rotatable bonds is 27. The quantitative estimate of drug-likeness (QED) is 0.0618. The van der Waals surface area contributed by atoms with Gasteiger partial charge in [-0.1, -0.05) is 69.0 Å². The minimum Gasteiger partial charge on any atom is -0.481 e. The molecule has 0 aromatic heterocycles. The van der Waals surface area contributed by atoms with E-state index in [0.717, 1.165) is 42.4 Å². The van der Waals surface area contributed by atoms with Crippen LogP contribution in [0.3, 0.4) is 0 Å². The van der Waals surface area contributed by atoms with Gasteiger partial charge in [0, 0.05) is 56.9 Å². The first-order valence-electron chi connectivity index (χ1n) is 18.5. The maximum absolute atomic E-state index is 13.6. The van der Waals surface area contributed by atoms with E-state index < -0.39 is 41.8 Å². The summed E-state index contributed by atoms with van der Waals surface area (Å²) in [5.74, 6) is -4.69. The smallest absolute Gasteiger partial charge is 0.326 e. The Morgan fingerprint density at radius 3 is 2.21 bits per heavy atom. The Hall–Kier alpha value is -4.66. The van der Waals surface area contributed by atoms with Crippen LogP contribution in [0.4, 0.5) is 5.69 Å². The maximum atomic E-state index is 13.6. The molecule has 10 N–H and O–H groups in total. The zero-order chi connectivity index (χ0) is 39.2. The Balaban J connectivity index is 2.09. The summed E-state index contributed by atoms with van der Waals surface area (Å²) < 4.78 is 0. The molecule has 0 saturated carbocycles. The molecule has 2 aromatic rings. The summed E-state index contributed by atoms with van der Waals surface area (Å²) in [6.45, 7) is 4.61. The first-order valence-corrected chi connectivity index (χ1v) is 18.5. The number of aliphatic carboxylic acids is 2. The molecular weight excluding hydrogens is 680 g/mol. The molecule has 14 heteroatoms. The number of carboxylic acid groups (broad SMARTS) is 2. The predicted octanol–water partition coefficient (Wildman–Crippen LogP) is 3.37. The van der Waals surface area contributed by atoms with Crippen molar-refractivity contribution in [3.8, 4) is 11.1 Å². The molecule has 2 rings (SSSR count). The minimum atomic E-state index is -1.30. The molecular formula is C39H58N6O8. The molecule has 2 aromatic carbocycles. The van der Waals surface area contributed by atoms with Crippen LogP contribution in [0.15, 0.2) is 48.5 Å². The number of carbonyl (C=O) groups excluding carboxylic acids is 4. The molecule has 53 heavy (non-hydrogen) atoms. The molecule has 4 atom stereocenters. The number of nitrogens with two attached hydrogens (primary N) is 2. The SMILES string of the molecule is CCCCCC[C@H](N)CNCC[C@H](N)C(=O)C[C@H](Cc1cccc(-c2ccc(NC(C)=O)cc2)c1)C(=O)NCC[C@@H](NC(=O)CCCC(=O)O)C(=O)O. The fourth-order valence-corrected chi connectivity index (χ4v) is 5.81. The van der Waals surface area contributed by atoms with Crippen molar-refractivity contribution in [2.75, 3.05) is 25.0 Å². The van der Waals surface area contributed by atoms with Gasteiger partial charge in [0.15, 0.2) is 0 Å².